The Morgan fingerprint density at radius 2 is 2.25 bits per heavy atom. The number of nitrogens with one attached hydrogen (secondary N) is 1. The molecule has 1 saturated heterocycles. The molecule has 1 fully saturated rings. The van der Waals surface area contributed by atoms with E-state index in [1.165, 1.54) is 12.3 Å². The topological polar surface area (TPSA) is 43.4 Å². The van der Waals surface area contributed by atoms with Gasteiger partial charge in [0.1, 0.15) is 0 Å². The van der Waals surface area contributed by atoms with Gasteiger partial charge in [-0.1, -0.05) is 0 Å². The first-order valence-corrected chi connectivity index (χ1v) is 6.06. The maximum Gasteiger partial charge on any atom is 0.340 e. The lowest BCUT2D eigenvalue weighted by Gasteiger charge is -2.16. The van der Waals surface area contributed by atoms with Gasteiger partial charge in [0.25, 0.3) is 0 Å². The van der Waals surface area contributed by atoms with E-state index in [0.717, 1.165) is 6.42 Å². The fourth-order valence-electron chi connectivity index (χ4n) is 1.67. The molecule has 0 bridgehead atoms. The van der Waals surface area contributed by atoms with Gasteiger partial charge in [0.2, 0.25) is 5.88 Å². The summed E-state index contributed by atoms with van der Waals surface area (Å²) in [6.07, 6.45) is -1.49. The molecule has 0 amide bonds. The number of nitrogens with zero attached hydrogens (tertiary/aromatic N) is 1. The van der Waals surface area contributed by atoms with Crippen LogP contribution in [-0.4, -0.2) is 43.2 Å². The molecule has 1 aliphatic heterocycles. The third kappa shape index (κ3) is 3.96. The van der Waals surface area contributed by atoms with Crippen molar-refractivity contribution in [1.82, 2.24) is 4.98 Å². The highest BCUT2D eigenvalue weighted by Crippen LogP contribution is 2.24. The maximum absolute atomic E-state index is 12.7. The highest BCUT2D eigenvalue weighted by molar-refractivity contribution is 5.43. The van der Waals surface area contributed by atoms with E-state index < -0.39 is 19.0 Å². The Labute approximate surface area is 113 Å². The molecule has 8 heteroatoms. The molecule has 0 saturated carbocycles. The number of pyridine rings is 1. The van der Waals surface area contributed by atoms with Crippen LogP contribution >= 0.6 is 0 Å². The summed E-state index contributed by atoms with van der Waals surface area (Å²) in [5.74, 6) is -4.31. The average molecular weight is 294 g/mol. The van der Waals surface area contributed by atoms with E-state index in [2.05, 4.69) is 15.0 Å². The molecule has 1 aromatic heterocycles. The zero-order valence-corrected chi connectivity index (χ0v) is 10.5. The Morgan fingerprint density at radius 3 is 2.80 bits per heavy atom. The fourth-order valence-corrected chi connectivity index (χ4v) is 1.67. The Morgan fingerprint density at radius 1 is 1.45 bits per heavy atom. The van der Waals surface area contributed by atoms with Gasteiger partial charge in [0.05, 0.1) is 24.5 Å². The minimum Gasteiger partial charge on any atom is -0.471 e. The number of rotatable bonds is 6. The fraction of sp³-hybridized carbons (Fsp3) is 0.583. The van der Waals surface area contributed by atoms with Crippen LogP contribution in [0.4, 0.5) is 23.2 Å². The van der Waals surface area contributed by atoms with Crippen molar-refractivity contribution in [3.63, 3.8) is 0 Å². The van der Waals surface area contributed by atoms with Crippen molar-refractivity contribution in [2.24, 2.45) is 0 Å². The monoisotopic (exact) mass is 294 g/mol. The first-order chi connectivity index (χ1) is 9.47. The molecule has 1 N–H and O–H groups in total. The standard InChI is InChI=1S/C12H14F4N2O2/c13-11(14)12(15,16)7-20-10-2-1-8(5-17-10)18-9-3-4-19-6-9/h1-2,5,9,11,18H,3-4,6-7H2/t9-/m1/s1. The minimum absolute atomic E-state index is 0.126. The van der Waals surface area contributed by atoms with Crippen molar-refractivity contribution in [1.29, 1.82) is 0 Å². The second-order valence-corrected chi connectivity index (χ2v) is 4.44. The normalized spacial score (nSPS) is 19.4. The first-order valence-electron chi connectivity index (χ1n) is 6.06. The molecule has 112 valence electrons. The molecule has 2 heterocycles. The molecular formula is C12H14F4N2O2. The van der Waals surface area contributed by atoms with Gasteiger partial charge in [0, 0.05) is 12.7 Å². The van der Waals surface area contributed by atoms with E-state index in [1.54, 1.807) is 6.07 Å². The summed E-state index contributed by atoms with van der Waals surface area (Å²) in [5, 5.41) is 3.15. The molecular weight excluding hydrogens is 280 g/mol. The molecule has 0 aliphatic carbocycles. The van der Waals surface area contributed by atoms with Crippen LogP contribution in [-0.2, 0) is 4.74 Å². The average Bonchev–Trinajstić information content (AvgIpc) is 2.91. The van der Waals surface area contributed by atoms with Gasteiger partial charge in [-0.15, -0.1) is 0 Å². The predicted octanol–water partition coefficient (Wildman–Crippen LogP) is 2.56. The lowest BCUT2D eigenvalue weighted by molar-refractivity contribution is -0.148. The number of ether oxygens (including phenoxy) is 2. The molecule has 4 nitrogen and oxygen atoms in total. The van der Waals surface area contributed by atoms with Crippen molar-refractivity contribution >= 4 is 5.69 Å². The van der Waals surface area contributed by atoms with Crippen molar-refractivity contribution < 1.29 is 27.0 Å². The van der Waals surface area contributed by atoms with E-state index in [4.69, 9.17) is 4.74 Å². The van der Waals surface area contributed by atoms with Gasteiger partial charge >= 0.3 is 12.3 Å². The minimum atomic E-state index is -4.18. The largest absolute Gasteiger partial charge is 0.471 e. The number of aromatic nitrogens is 1. The molecule has 1 aliphatic rings. The van der Waals surface area contributed by atoms with Crippen molar-refractivity contribution in [3.05, 3.63) is 18.3 Å². The lowest BCUT2D eigenvalue weighted by Crippen LogP contribution is -2.33. The highest BCUT2D eigenvalue weighted by atomic mass is 19.3. The smallest absolute Gasteiger partial charge is 0.340 e. The summed E-state index contributed by atoms with van der Waals surface area (Å²) >= 11 is 0. The number of hydrogen-bond acceptors (Lipinski definition) is 4. The zero-order chi connectivity index (χ0) is 14.6. The second kappa shape index (κ2) is 6.25. The number of hydrogen-bond donors (Lipinski definition) is 1. The molecule has 0 unspecified atom stereocenters. The Kier molecular flexibility index (Phi) is 4.64. The van der Waals surface area contributed by atoms with E-state index in [0.29, 0.717) is 18.9 Å². The molecule has 1 aromatic rings. The van der Waals surface area contributed by atoms with Crippen molar-refractivity contribution in [2.75, 3.05) is 25.1 Å². The highest BCUT2D eigenvalue weighted by Gasteiger charge is 2.41. The zero-order valence-electron chi connectivity index (χ0n) is 10.5. The van der Waals surface area contributed by atoms with Crippen molar-refractivity contribution in [3.8, 4) is 5.88 Å². The van der Waals surface area contributed by atoms with Crippen LogP contribution in [0.1, 0.15) is 6.42 Å². The van der Waals surface area contributed by atoms with Gasteiger partial charge in [-0.25, -0.2) is 13.8 Å². The van der Waals surface area contributed by atoms with Crippen molar-refractivity contribution in [2.45, 2.75) is 24.8 Å². The van der Waals surface area contributed by atoms with Crippen LogP contribution in [0.5, 0.6) is 5.88 Å². The molecule has 1 atom stereocenters. The number of halogens is 4. The van der Waals surface area contributed by atoms with E-state index in [9.17, 15) is 17.6 Å². The van der Waals surface area contributed by atoms with Gasteiger partial charge in [-0.3, -0.25) is 0 Å². The maximum atomic E-state index is 12.7. The van der Waals surface area contributed by atoms with E-state index in [1.807, 2.05) is 0 Å². The van der Waals surface area contributed by atoms with Gasteiger partial charge in [0.15, 0.2) is 6.61 Å². The summed E-state index contributed by atoms with van der Waals surface area (Å²) in [4.78, 5) is 3.78. The van der Waals surface area contributed by atoms with Crippen LogP contribution < -0.4 is 10.1 Å². The third-order valence-corrected chi connectivity index (χ3v) is 2.77. The van der Waals surface area contributed by atoms with Gasteiger partial charge < -0.3 is 14.8 Å². The van der Waals surface area contributed by atoms with Crippen LogP contribution in [0.2, 0.25) is 0 Å². The van der Waals surface area contributed by atoms with Gasteiger partial charge in [-0.2, -0.15) is 8.78 Å². The molecule has 0 spiro atoms. The second-order valence-electron chi connectivity index (χ2n) is 4.44. The number of anilines is 1. The number of alkyl halides is 4. The Hall–Kier alpha value is -1.57. The summed E-state index contributed by atoms with van der Waals surface area (Å²) in [5.41, 5.74) is 0.688. The van der Waals surface area contributed by atoms with Crippen LogP contribution in [0.25, 0.3) is 0 Å². The summed E-state index contributed by atoms with van der Waals surface area (Å²) in [6, 6.07) is 3.12. The summed E-state index contributed by atoms with van der Waals surface area (Å²) in [7, 11) is 0. The lowest BCUT2D eigenvalue weighted by atomic mass is 10.2. The predicted molar refractivity (Wildman–Crippen MR) is 63.5 cm³/mol. The Bertz CT molecular complexity index is 422. The van der Waals surface area contributed by atoms with Crippen LogP contribution in [0.15, 0.2) is 18.3 Å². The van der Waals surface area contributed by atoms with Crippen LogP contribution in [0, 0.1) is 0 Å². The van der Waals surface area contributed by atoms with E-state index >= 15 is 0 Å². The first kappa shape index (κ1) is 14.8. The molecule has 2 rings (SSSR count). The quantitative estimate of drug-likeness (QED) is 0.819. The van der Waals surface area contributed by atoms with Gasteiger partial charge in [-0.05, 0) is 12.5 Å². The molecule has 20 heavy (non-hydrogen) atoms. The Balaban J connectivity index is 1.85. The SMILES string of the molecule is FC(F)C(F)(F)COc1ccc(N[C@@H]2CCOC2)cn1. The summed E-state index contributed by atoms with van der Waals surface area (Å²) in [6.45, 7) is -0.116. The molecule has 0 radical (unpaired) electrons. The summed E-state index contributed by atoms with van der Waals surface area (Å²) < 4.78 is 58.9. The molecule has 0 aromatic carbocycles. The van der Waals surface area contributed by atoms with Crippen LogP contribution in [0.3, 0.4) is 0 Å². The third-order valence-electron chi connectivity index (χ3n) is 2.77. The van der Waals surface area contributed by atoms with E-state index in [-0.39, 0.29) is 11.9 Å².